The van der Waals surface area contributed by atoms with Gasteiger partial charge < -0.3 is 0 Å². The molecule has 1 unspecified atom stereocenters. The molecule has 2 rings (SSSR count). The van der Waals surface area contributed by atoms with Gasteiger partial charge in [-0.1, -0.05) is 48.3 Å². The van der Waals surface area contributed by atoms with Gasteiger partial charge in [0, 0.05) is 0 Å². The molecule has 0 spiro atoms. The summed E-state index contributed by atoms with van der Waals surface area (Å²) in [6, 6.07) is 0. The van der Waals surface area contributed by atoms with Gasteiger partial charge in [-0.2, -0.15) is 0 Å². The molecule has 3 heteroatoms. The molecular formula is C20H32O2S. The van der Waals surface area contributed by atoms with Crippen molar-refractivity contribution in [1.82, 2.24) is 0 Å². The Hall–Kier alpha value is -0.830. The van der Waals surface area contributed by atoms with Gasteiger partial charge in [0.25, 0.3) is 0 Å². The SMILES string of the molecule is CC1=CCS(=O)(=O)C1C/C=C(\C)CCC1=C(C)CCCC1(C)C. The lowest BCUT2D eigenvalue weighted by atomic mass is 9.71. The van der Waals surface area contributed by atoms with E-state index in [4.69, 9.17) is 0 Å². The van der Waals surface area contributed by atoms with Crippen LogP contribution in [0.2, 0.25) is 0 Å². The van der Waals surface area contributed by atoms with Crippen LogP contribution in [-0.2, 0) is 9.84 Å². The molecule has 1 atom stereocenters. The minimum absolute atomic E-state index is 0.219. The summed E-state index contributed by atoms with van der Waals surface area (Å²) in [5, 5.41) is -0.287. The molecule has 0 fully saturated rings. The maximum Gasteiger partial charge on any atom is 0.160 e. The van der Waals surface area contributed by atoms with Gasteiger partial charge in [0.05, 0.1) is 11.0 Å². The van der Waals surface area contributed by atoms with Crippen LogP contribution in [0.1, 0.15) is 73.1 Å². The molecular weight excluding hydrogens is 304 g/mol. The zero-order valence-electron chi connectivity index (χ0n) is 15.4. The number of rotatable bonds is 5. The Balaban J connectivity index is 1.97. The van der Waals surface area contributed by atoms with Gasteiger partial charge in [-0.15, -0.1) is 0 Å². The van der Waals surface area contributed by atoms with E-state index in [0.29, 0.717) is 11.8 Å². The maximum atomic E-state index is 12.0. The van der Waals surface area contributed by atoms with Gasteiger partial charge in [-0.3, -0.25) is 0 Å². The lowest BCUT2D eigenvalue weighted by molar-refractivity contribution is 0.354. The predicted octanol–water partition coefficient (Wildman–Crippen LogP) is 5.37. The summed E-state index contributed by atoms with van der Waals surface area (Å²) in [5.74, 6) is 0.219. The zero-order chi connectivity index (χ0) is 17.3. The highest BCUT2D eigenvalue weighted by atomic mass is 32.2. The van der Waals surface area contributed by atoms with Gasteiger partial charge in [0.15, 0.2) is 9.84 Å². The third kappa shape index (κ3) is 4.37. The van der Waals surface area contributed by atoms with Crippen molar-refractivity contribution in [3.05, 3.63) is 34.4 Å². The lowest BCUT2D eigenvalue weighted by Crippen LogP contribution is -2.20. The van der Waals surface area contributed by atoms with E-state index < -0.39 is 9.84 Å². The van der Waals surface area contributed by atoms with E-state index >= 15 is 0 Å². The zero-order valence-corrected chi connectivity index (χ0v) is 16.2. The summed E-state index contributed by atoms with van der Waals surface area (Å²) in [7, 11) is -2.94. The molecule has 0 amide bonds. The molecule has 0 saturated heterocycles. The second-order valence-corrected chi connectivity index (χ2v) is 10.3. The number of hydrogen-bond acceptors (Lipinski definition) is 2. The van der Waals surface area contributed by atoms with Crippen LogP contribution in [0.4, 0.5) is 0 Å². The Bertz CT molecular complexity index is 645. The summed E-state index contributed by atoms with van der Waals surface area (Å²) in [6.45, 7) is 11.1. The Kier molecular flexibility index (Phi) is 5.60. The molecule has 0 saturated carbocycles. The van der Waals surface area contributed by atoms with Crippen molar-refractivity contribution in [2.24, 2.45) is 5.41 Å². The Labute approximate surface area is 142 Å². The van der Waals surface area contributed by atoms with Crippen molar-refractivity contribution in [2.75, 3.05) is 5.75 Å². The van der Waals surface area contributed by atoms with Crippen molar-refractivity contribution in [3.8, 4) is 0 Å². The van der Waals surface area contributed by atoms with Crippen molar-refractivity contribution in [2.45, 2.75) is 78.4 Å². The first-order valence-electron chi connectivity index (χ1n) is 8.86. The van der Waals surface area contributed by atoms with Crippen LogP contribution in [0, 0.1) is 5.41 Å². The standard InChI is InChI=1S/C20H32O2S/c1-15(9-11-19-17(3)12-14-23(19,21)22)8-10-18-16(2)7-6-13-20(18,4)5/h9,12,19H,6-8,10-11,13-14H2,1-5H3/b15-9+. The van der Waals surface area contributed by atoms with Crippen molar-refractivity contribution < 1.29 is 8.42 Å². The van der Waals surface area contributed by atoms with Crippen LogP contribution in [-0.4, -0.2) is 19.4 Å². The summed E-state index contributed by atoms with van der Waals surface area (Å²) < 4.78 is 24.1. The van der Waals surface area contributed by atoms with Gasteiger partial charge in [0.1, 0.15) is 0 Å². The van der Waals surface area contributed by atoms with Gasteiger partial charge >= 0.3 is 0 Å². The summed E-state index contributed by atoms with van der Waals surface area (Å²) in [5.41, 5.74) is 5.87. The van der Waals surface area contributed by atoms with E-state index in [2.05, 4.69) is 33.8 Å². The Morgan fingerprint density at radius 3 is 2.61 bits per heavy atom. The average molecular weight is 337 g/mol. The van der Waals surface area contributed by atoms with E-state index in [-0.39, 0.29) is 11.0 Å². The molecule has 2 nitrogen and oxygen atoms in total. The molecule has 1 heterocycles. The maximum absolute atomic E-state index is 12.0. The van der Waals surface area contributed by atoms with E-state index in [1.54, 1.807) is 11.1 Å². The molecule has 23 heavy (non-hydrogen) atoms. The number of sulfone groups is 1. The van der Waals surface area contributed by atoms with Crippen molar-refractivity contribution in [3.63, 3.8) is 0 Å². The second kappa shape index (κ2) is 6.96. The van der Waals surface area contributed by atoms with Crippen LogP contribution in [0.5, 0.6) is 0 Å². The molecule has 130 valence electrons. The number of allylic oxidation sites excluding steroid dienone is 4. The van der Waals surface area contributed by atoms with E-state index in [9.17, 15) is 8.42 Å². The molecule has 0 N–H and O–H groups in total. The van der Waals surface area contributed by atoms with E-state index in [1.807, 2.05) is 13.0 Å². The fraction of sp³-hybridized carbons (Fsp3) is 0.700. The summed E-state index contributed by atoms with van der Waals surface area (Å²) in [4.78, 5) is 0. The highest BCUT2D eigenvalue weighted by Gasteiger charge is 2.30. The monoisotopic (exact) mass is 336 g/mol. The largest absolute Gasteiger partial charge is 0.228 e. The van der Waals surface area contributed by atoms with Gasteiger partial charge in [0.2, 0.25) is 0 Å². The average Bonchev–Trinajstić information content (AvgIpc) is 2.69. The minimum atomic E-state index is -2.94. The van der Waals surface area contributed by atoms with Crippen molar-refractivity contribution >= 4 is 9.84 Å². The fourth-order valence-electron chi connectivity index (χ4n) is 4.07. The van der Waals surface area contributed by atoms with Crippen molar-refractivity contribution in [1.29, 1.82) is 0 Å². The topological polar surface area (TPSA) is 34.1 Å². The molecule has 0 radical (unpaired) electrons. The Morgan fingerprint density at radius 2 is 2.04 bits per heavy atom. The first-order chi connectivity index (χ1) is 10.6. The smallest absolute Gasteiger partial charge is 0.160 e. The normalized spacial score (nSPS) is 27.3. The van der Waals surface area contributed by atoms with Crippen LogP contribution in [0.3, 0.4) is 0 Å². The summed E-state index contributed by atoms with van der Waals surface area (Å²) >= 11 is 0. The first kappa shape index (κ1) is 18.5. The second-order valence-electron chi connectivity index (χ2n) is 8.05. The van der Waals surface area contributed by atoms with Gasteiger partial charge in [-0.25, -0.2) is 8.42 Å². The molecule has 0 aromatic carbocycles. The Morgan fingerprint density at radius 1 is 1.35 bits per heavy atom. The predicted molar refractivity (Wildman–Crippen MR) is 99.3 cm³/mol. The van der Waals surface area contributed by atoms with E-state index in [0.717, 1.165) is 18.4 Å². The van der Waals surface area contributed by atoms with Crippen LogP contribution < -0.4 is 0 Å². The minimum Gasteiger partial charge on any atom is -0.228 e. The third-order valence-electron chi connectivity index (χ3n) is 5.71. The molecule has 1 aliphatic carbocycles. The molecule has 1 aliphatic heterocycles. The third-order valence-corrected chi connectivity index (χ3v) is 7.78. The first-order valence-corrected chi connectivity index (χ1v) is 10.6. The molecule has 0 bridgehead atoms. The van der Waals surface area contributed by atoms with E-state index in [1.165, 1.54) is 24.8 Å². The lowest BCUT2D eigenvalue weighted by Gasteiger charge is -2.35. The highest BCUT2D eigenvalue weighted by Crippen LogP contribution is 2.42. The van der Waals surface area contributed by atoms with Crippen LogP contribution >= 0.6 is 0 Å². The highest BCUT2D eigenvalue weighted by molar-refractivity contribution is 7.92. The summed E-state index contributed by atoms with van der Waals surface area (Å²) in [6.07, 6.45) is 10.6. The quantitative estimate of drug-likeness (QED) is 0.632. The molecule has 0 aromatic rings. The molecule has 0 aromatic heterocycles. The number of hydrogen-bond donors (Lipinski definition) is 0. The molecule has 2 aliphatic rings. The van der Waals surface area contributed by atoms with Gasteiger partial charge in [-0.05, 0) is 64.7 Å². The van der Waals surface area contributed by atoms with Crippen LogP contribution in [0.25, 0.3) is 0 Å². The van der Waals surface area contributed by atoms with Crippen LogP contribution in [0.15, 0.2) is 34.4 Å². The fourth-order valence-corrected chi connectivity index (χ4v) is 5.85.